The normalized spacial score (nSPS) is 25.8. The minimum Gasteiger partial charge on any atom is -0.493 e. The molecule has 1 heterocycles. The summed E-state index contributed by atoms with van der Waals surface area (Å²) < 4.78 is 11.5. The molecular weight excluding hydrogens is 360 g/mol. The van der Waals surface area contributed by atoms with Gasteiger partial charge in [0.1, 0.15) is 30.2 Å². The second kappa shape index (κ2) is 12.4. The van der Waals surface area contributed by atoms with Gasteiger partial charge in [-0.05, 0) is 12.5 Å². The fourth-order valence-electron chi connectivity index (χ4n) is 3.45. The Labute approximate surface area is 168 Å². The Bertz CT molecular complexity index is 550. The average molecular weight is 396 g/mol. The Morgan fingerprint density at radius 2 is 1.54 bits per heavy atom. The highest BCUT2D eigenvalue weighted by atomic mass is 16.5. The van der Waals surface area contributed by atoms with Crippen molar-refractivity contribution >= 4 is 0 Å². The van der Waals surface area contributed by atoms with Crippen molar-refractivity contribution in [1.29, 1.82) is 0 Å². The minimum atomic E-state index is -1.43. The van der Waals surface area contributed by atoms with Gasteiger partial charge < -0.3 is 29.9 Å². The van der Waals surface area contributed by atoms with Gasteiger partial charge in [0, 0.05) is 5.56 Å². The van der Waals surface area contributed by atoms with Crippen LogP contribution in [0.4, 0.5) is 0 Å². The van der Waals surface area contributed by atoms with Crippen LogP contribution in [0.3, 0.4) is 0 Å². The molecule has 0 spiro atoms. The Balaban J connectivity index is 1.85. The molecule has 1 fully saturated rings. The SMILES string of the molecule is CCCCCCCCCCOc1ccccc1[C]1O[C@H](CO)[C@H](O)[C@H](O)[C@H]1O. The first kappa shape index (κ1) is 23.1. The standard InChI is InChI=1S/C22H35O6/c1-2-3-4-5-6-7-8-11-14-27-17-13-10-9-12-16(17)22-21(26)20(25)19(24)18(15-23)28-22/h9-10,12-13,18-21,23-26H,2-8,11,14-15H2,1H3/t18-,19+,20+,21-/m1/s1. The Morgan fingerprint density at radius 1 is 0.893 bits per heavy atom. The van der Waals surface area contributed by atoms with E-state index < -0.39 is 31.0 Å². The van der Waals surface area contributed by atoms with Crippen molar-refractivity contribution in [2.75, 3.05) is 13.2 Å². The molecule has 0 bridgehead atoms. The number of rotatable bonds is 12. The molecule has 1 saturated heterocycles. The molecule has 0 amide bonds. The van der Waals surface area contributed by atoms with E-state index in [-0.39, 0.29) is 6.10 Å². The molecule has 1 aliphatic rings. The second-order valence-corrected chi connectivity index (χ2v) is 7.45. The summed E-state index contributed by atoms with van der Waals surface area (Å²) in [6.45, 7) is 2.32. The minimum absolute atomic E-state index is 0.114. The number of aliphatic hydroxyl groups is 4. The van der Waals surface area contributed by atoms with Gasteiger partial charge in [-0.15, -0.1) is 0 Å². The molecule has 6 heteroatoms. The lowest BCUT2D eigenvalue weighted by molar-refractivity contribution is -0.184. The van der Waals surface area contributed by atoms with E-state index in [0.717, 1.165) is 12.8 Å². The molecule has 1 radical (unpaired) electrons. The number of hydrogen-bond donors (Lipinski definition) is 4. The molecule has 28 heavy (non-hydrogen) atoms. The quantitative estimate of drug-likeness (QED) is 0.406. The number of ether oxygens (including phenoxy) is 2. The predicted molar refractivity (Wildman–Crippen MR) is 107 cm³/mol. The van der Waals surface area contributed by atoms with Crippen molar-refractivity contribution in [3.05, 3.63) is 35.9 Å². The van der Waals surface area contributed by atoms with Crippen molar-refractivity contribution in [2.24, 2.45) is 0 Å². The zero-order valence-electron chi connectivity index (χ0n) is 16.8. The van der Waals surface area contributed by atoms with Gasteiger partial charge in [-0.3, -0.25) is 0 Å². The Hall–Kier alpha value is -1.18. The summed E-state index contributed by atoms with van der Waals surface area (Å²) in [5.41, 5.74) is 0.527. The van der Waals surface area contributed by atoms with E-state index in [1.807, 2.05) is 6.07 Å². The topological polar surface area (TPSA) is 99.4 Å². The summed E-state index contributed by atoms with van der Waals surface area (Å²) in [5, 5.41) is 39.7. The zero-order chi connectivity index (χ0) is 20.4. The first-order valence-electron chi connectivity index (χ1n) is 10.5. The fourth-order valence-corrected chi connectivity index (χ4v) is 3.45. The summed E-state index contributed by atoms with van der Waals surface area (Å²) in [6, 6.07) is 7.14. The van der Waals surface area contributed by atoms with Gasteiger partial charge in [0.15, 0.2) is 6.10 Å². The number of aliphatic hydroxyl groups excluding tert-OH is 4. The summed E-state index contributed by atoms with van der Waals surface area (Å²) in [7, 11) is 0. The lowest BCUT2D eigenvalue weighted by Crippen LogP contribution is -2.55. The van der Waals surface area contributed by atoms with Crippen LogP contribution >= 0.6 is 0 Å². The molecule has 4 N–H and O–H groups in total. The molecule has 1 aromatic rings. The van der Waals surface area contributed by atoms with Crippen molar-refractivity contribution in [3.63, 3.8) is 0 Å². The van der Waals surface area contributed by atoms with Crippen molar-refractivity contribution in [2.45, 2.75) is 82.7 Å². The molecular formula is C22H35O6. The third-order valence-electron chi connectivity index (χ3n) is 5.19. The number of para-hydroxylation sites is 1. The molecule has 159 valence electrons. The van der Waals surface area contributed by atoms with E-state index in [1.54, 1.807) is 18.2 Å². The number of unbranched alkanes of at least 4 members (excludes halogenated alkanes) is 7. The predicted octanol–water partition coefficient (Wildman–Crippen LogP) is 2.56. The lowest BCUT2D eigenvalue weighted by Gasteiger charge is -2.39. The molecule has 0 unspecified atom stereocenters. The van der Waals surface area contributed by atoms with Gasteiger partial charge in [0.25, 0.3) is 0 Å². The third kappa shape index (κ3) is 6.42. The average Bonchev–Trinajstić information content (AvgIpc) is 2.71. The van der Waals surface area contributed by atoms with Crippen LogP contribution in [0.25, 0.3) is 0 Å². The van der Waals surface area contributed by atoms with Crippen LogP contribution in [-0.2, 0) is 4.74 Å². The van der Waals surface area contributed by atoms with E-state index >= 15 is 0 Å². The van der Waals surface area contributed by atoms with Gasteiger partial charge in [0.05, 0.1) is 13.2 Å². The molecule has 0 saturated carbocycles. The van der Waals surface area contributed by atoms with Crippen LogP contribution in [0.5, 0.6) is 5.75 Å². The number of benzene rings is 1. The maximum atomic E-state index is 10.3. The molecule has 1 aromatic carbocycles. The van der Waals surface area contributed by atoms with E-state index in [1.165, 1.54) is 38.5 Å². The van der Waals surface area contributed by atoms with Crippen molar-refractivity contribution in [3.8, 4) is 5.75 Å². The van der Waals surface area contributed by atoms with Gasteiger partial charge in [-0.1, -0.05) is 70.1 Å². The van der Waals surface area contributed by atoms with Crippen LogP contribution in [0.2, 0.25) is 0 Å². The second-order valence-electron chi connectivity index (χ2n) is 7.45. The molecule has 0 aromatic heterocycles. The van der Waals surface area contributed by atoms with Gasteiger partial charge in [-0.25, -0.2) is 0 Å². The first-order valence-corrected chi connectivity index (χ1v) is 10.5. The van der Waals surface area contributed by atoms with E-state index in [2.05, 4.69) is 6.92 Å². The fraction of sp³-hybridized carbons (Fsp3) is 0.682. The van der Waals surface area contributed by atoms with Crippen molar-refractivity contribution < 1.29 is 29.9 Å². The van der Waals surface area contributed by atoms with Crippen LogP contribution in [-0.4, -0.2) is 58.1 Å². The van der Waals surface area contributed by atoms with Crippen LogP contribution < -0.4 is 4.74 Å². The van der Waals surface area contributed by atoms with Gasteiger partial charge in [-0.2, -0.15) is 0 Å². The Kier molecular flexibility index (Phi) is 10.2. The summed E-state index contributed by atoms with van der Waals surface area (Å²) in [4.78, 5) is 0. The maximum absolute atomic E-state index is 10.3. The van der Waals surface area contributed by atoms with Gasteiger partial charge in [0.2, 0.25) is 0 Å². The summed E-state index contributed by atoms with van der Waals surface area (Å²) in [6.07, 6.45) is 4.67. The van der Waals surface area contributed by atoms with E-state index in [4.69, 9.17) is 9.47 Å². The highest BCUT2D eigenvalue weighted by molar-refractivity contribution is 5.43. The monoisotopic (exact) mass is 395 g/mol. The molecule has 0 aliphatic carbocycles. The smallest absolute Gasteiger partial charge is 0.161 e. The summed E-state index contributed by atoms with van der Waals surface area (Å²) >= 11 is 0. The van der Waals surface area contributed by atoms with Crippen LogP contribution in [0, 0.1) is 6.10 Å². The first-order chi connectivity index (χ1) is 13.6. The van der Waals surface area contributed by atoms with Crippen LogP contribution in [0.1, 0.15) is 63.9 Å². The van der Waals surface area contributed by atoms with Crippen LogP contribution in [0.15, 0.2) is 24.3 Å². The van der Waals surface area contributed by atoms with Gasteiger partial charge >= 0.3 is 0 Å². The largest absolute Gasteiger partial charge is 0.493 e. The lowest BCUT2D eigenvalue weighted by atomic mass is 9.91. The molecule has 6 nitrogen and oxygen atoms in total. The highest BCUT2D eigenvalue weighted by Gasteiger charge is 2.45. The van der Waals surface area contributed by atoms with Crippen molar-refractivity contribution in [1.82, 2.24) is 0 Å². The summed E-state index contributed by atoms with van der Waals surface area (Å²) in [5.74, 6) is 0.555. The zero-order valence-corrected chi connectivity index (χ0v) is 16.8. The highest BCUT2D eigenvalue weighted by Crippen LogP contribution is 2.36. The van der Waals surface area contributed by atoms with E-state index in [9.17, 15) is 20.4 Å². The molecule has 2 rings (SSSR count). The number of hydrogen-bond acceptors (Lipinski definition) is 6. The third-order valence-corrected chi connectivity index (χ3v) is 5.19. The van der Waals surface area contributed by atoms with E-state index in [0.29, 0.717) is 17.9 Å². The molecule has 1 aliphatic heterocycles. The molecule has 4 atom stereocenters. The Morgan fingerprint density at radius 3 is 2.21 bits per heavy atom. The maximum Gasteiger partial charge on any atom is 0.161 e.